The maximum atomic E-state index is 11.4. The van der Waals surface area contributed by atoms with Gasteiger partial charge in [-0.25, -0.2) is 0 Å². The van der Waals surface area contributed by atoms with E-state index < -0.39 is 0 Å². The van der Waals surface area contributed by atoms with Gasteiger partial charge in [0.25, 0.3) is 0 Å². The van der Waals surface area contributed by atoms with Crippen LogP contribution in [-0.4, -0.2) is 10.8 Å². The van der Waals surface area contributed by atoms with Gasteiger partial charge in [0.05, 0.1) is 0 Å². The monoisotopic (exact) mass is 255 g/mol. The van der Waals surface area contributed by atoms with Crippen molar-refractivity contribution in [2.75, 3.05) is 0 Å². The van der Waals surface area contributed by atoms with Crippen molar-refractivity contribution < 1.29 is 4.79 Å². The number of hydrogen-bond donors (Lipinski definition) is 0. The van der Waals surface area contributed by atoms with Gasteiger partial charge in [-0.3, -0.25) is 9.78 Å². The van der Waals surface area contributed by atoms with Gasteiger partial charge >= 0.3 is 0 Å². The summed E-state index contributed by atoms with van der Waals surface area (Å²) in [4.78, 5) is 15.6. The largest absolute Gasteiger partial charge is 0.299 e. The summed E-state index contributed by atoms with van der Waals surface area (Å²) in [5.74, 6) is 0.288. The zero-order valence-electron chi connectivity index (χ0n) is 8.51. The van der Waals surface area contributed by atoms with E-state index in [2.05, 4.69) is 20.9 Å². The molecule has 1 aromatic heterocycles. The van der Waals surface area contributed by atoms with Crippen molar-refractivity contribution in [2.45, 2.75) is 33.1 Å². The van der Waals surface area contributed by atoms with E-state index in [0.717, 1.165) is 22.2 Å². The highest BCUT2D eigenvalue weighted by atomic mass is 79.9. The fourth-order valence-corrected chi connectivity index (χ4v) is 1.69. The predicted molar refractivity (Wildman–Crippen MR) is 60.3 cm³/mol. The molecule has 1 aromatic rings. The number of rotatable bonds is 4. The van der Waals surface area contributed by atoms with Crippen LogP contribution in [0.4, 0.5) is 0 Å². The lowest BCUT2D eigenvalue weighted by Gasteiger charge is -2.04. The van der Waals surface area contributed by atoms with E-state index in [4.69, 9.17) is 0 Å². The minimum absolute atomic E-state index is 0.288. The van der Waals surface area contributed by atoms with E-state index in [1.165, 1.54) is 0 Å². The smallest absolute Gasteiger partial charge is 0.137 e. The van der Waals surface area contributed by atoms with Gasteiger partial charge in [0.15, 0.2) is 0 Å². The van der Waals surface area contributed by atoms with Crippen molar-refractivity contribution in [2.24, 2.45) is 0 Å². The molecule has 0 unspecified atom stereocenters. The summed E-state index contributed by atoms with van der Waals surface area (Å²) >= 11 is 3.35. The molecule has 0 fully saturated rings. The molecule has 76 valence electrons. The van der Waals surface area contributed by atoms with Gasteiger partial charge in [0, 0.05) is 29.2 Å². The molecule has 3 heteroatoms. The first kappa shape index (κ1) is 11.4. The van der Waals surface area contributed by atoms with Gasteiger partial charge in [-0.15, -0.1) is 0 Å². The van der Waals surface area contributed by atoms with Crippen molar-refractivity contribution in [3.8, 4) is 0 Å². The summed E-state index contributed by atoms with van der Waals surface area (Å²) in [7, 11) is 0. The Hall–Kier alpha value is -0.700. The number of nitrogens with zero attached hydrogens (tertiary/aromatic N) is 1. The highest BCUT2D eigenvalue weighted by Gasteiger charge is 2.06. The summed E-state index contributed by atoms with van der Waals surface area (Å²) in [5.41, 5.74) is 1.97. The van der Waals surface area contributed by atoms with Crippen molar-refractivity contribution in [1.82, 2.24) is 4.98 Å². The topological polar surface area (TPSA) is 30.0 Å². The molecule has 0 saturated heterocycles. The molecule has 0 saturated carbocycles. The highest BCUT2D eigenvalue weighted by molar-refractivity contribution is 9.10. The maximum absolute atomic E-state index is 11.4. The van der Waals surface area contributed by atoms with Crippen molar-refractivity contribution in [3.63, 3.8) is 0 Å². The lowest BCUT2D eigenvalue weighted by Crippen LogP contribution is -2.04. The van der Waals surface area contributed by atoms with Crippen LogP contribution in [0.2, 0.25) is 0 Å². The molecule has 0 amide bonds. The standard InChI is InChI=1S/C11H14BrNO/c1-3-4-11(14)6-9-5-10(12)7-13-8(9)2/h5,7H,3-4,6H2,1-2H3. The molecular formula is C11H14BrNO. The molecule has 0 aromatic carbocycles. The second-order valence-corrected chi connectivity index (χ2v) is 4.28. The highest BCUT2D eigenvalue weighted by Crippen LogP contribution is 2.14. The number of pyridine rings is 1. The molecule has 0 radical (unpaired) electrons. The van der Waals surface area contributed by atoms with Gasteiger partial charge < -0.3 is 0 Å². The number of carbonyl (C=O) groups excluding carboxylic acids is 1. The number of hydrogen-bond acceptors (Lipinski definition) is 2. The Kier molecular flexibility index (Phi) is 4.26. The molecule has 2 nitrogen and oxygen atoms in total. The Labute approximate surface area is 92.9 Å². The van der Waals surface area contributed by atoms with E-state index in [9.17, 15) is 4.79 Å². The quantitative estimate of drug-likeness (QED) is 0.828. The van der Waals surface area contributed by atoms with Gasteiger partial charge in [-0.05, 0) is 40.9 Å². The van der Waals surface area contributed by atoms with E-state index in [1.54, 1.807) is 6.20 Å². The number of aromatic nitrogens is 1. The number of halogens is 1. The molecule has 14 heavy (non-hydrogen) atoms. The van der Waals surface area contributed by atoms with Crippen LogP contribution < -0.4 is 0 Å². The minimum atomic E-state index is 0.288. The average molecular weight is 256 g/mol. The molecule has 0 aliphatic heterocycles. The van der Waals surface area contributed by atoms with Crippen LogP contribution in [0.25, 0.3) is 0 Å². The average Bonchev–Trinajstić information content (AvgIpc) is 2.12. The Morgan fingerprint density at radius 1 is 1.57 bits per heavy atom. The van der Waals surface area contributed by atoms with Gasteiger partial charge in [0.1, 0.15) is 5.78 Å². The van der Waals surface area contributed by atoms with Gasteiger partial charge in [-0.1, -0.05) is 6.92 Å². The van der Waals surface area contributed by atoms with Crippen LogP contribution >= 0.6 is 15.9 Å². The molecule has 1 heterocycles. The molecule has 1 rings (SSSR count). The SMILES string of the molecule is CCCC(=O)Cc1cc(Br)cnc1C. The molecule has 0 bridgehead atoms. The fourth-order valence-electron chi connectivity index (χ4n) is 1.31. The lowest BCUT2D eigenvalue weighted by atomic mass is 10.1. The number of Topliss-reactive ketones (excluding diaryl/α,β-unsaturated/α-hetero) is 1. The maximum Gasteiger partial charge on any atom is 0.137 e. The van der Waals surface area contributed by atoms with Crippen LogP contribution in [-0.2, 0) is 11.2 Å². The van der Waals surface area contributed by atoms with Crippen molar-refractivity contribution >= 4 is 21.7 Å². The lowest BCUT2D eigenvalue weighted by molar-refractivity contribution is -0.118. The van der Waals surface area contributed by atoms with Gasteiger partial charge in [0.2, 0.25) is 0 Å². The second-order valence-electron chi connectivity index (χ2n) is 3.36. The van der Waals surface area contributed by atoms with E-state index in [0.29, 0.717) is 12.8 Å². The Balaban J connectivity index is 2.75. The Bertz CT molecular complexity index is 336. The molecule has 0 atom stereocenters. The van der Waals surface area contributed by atoms with Crippen LogP contribution in [0.3, 0.4) is 0 Å². The first-order valence-corrected chi connectivity index (χ1v) is 5.55. The first-order chi connectivity index (χ1) is 6.63. The van der Waals surface area contributed by atoms with Crippen LogP contribution in [0, 0.1) is 6.92 Å². The summed E-state index contributed by atoms with van der Waals surface area (Å²) < 4.78 is 0.933. The summed E-state index contributed by atoms with van der Waals surface area (Å²) in [6.07, 6.45) is 3.83. The summed E-state index contributed by atoms with van der Waals surface area (Å²) in [6.45, 7) is 3.95. The third-order valence-electron chi connectivity index (χ3n) is 2.07. The minimum Gasteiger partial charge on any atom is -0.299 e. The summed E-state index contributed by atoms with van der Waals surface area (Å²) in [6, 6.07) is 1.97. The Morgan fingerprint density at radius 3 is 2.93 bits per heavy atom. The molecule has 0 spiro atoms. The first-order valence-electron chi connectivity index (χ1n) is 4.76. The van der Waals surface area contributed by atoms with Crippen molar-refractivity contribution in [1.29, 1.82) is 0 Å². The van der Waals surface area contributed by atoms with Crippen LogP contribution in [0.15, 0.2) is 16.7 Å². The number of aryl methyl sites for hydroxylation is 1. The molecule has 0 aliphatic rings. The second kappa shape index (κ2) is 5.25. The zero-order chi connectivity index (χ0) is 10.6. The number of carbonyl (C=O) groups is 1. The molecular weight excluding hydrogens is 242 g/mol. The van der Waals surface area contributed by atoms with Gasteiger partial charge in [-0.2, -0.15) is 0 Å². The summed E-state index contributed by atoms with van der Waals surface area (Å²) in [5, 5.41) is 0. The number of ketones is 1. The van der Waals surface area contributed by atoms with Crippen LogP contribution in [0.5, 0.6) is 0 Å². The fraction of sp³-hybridized carbons (Fsp3) is 0.455. The van der Waals surface area contributed by atoms with Crippen molar-refractivity contribution in [3.05, 3.63) is 28.0 Å². The van der Waals surface area contributed by atoms with E-state index >= 15 is 0 Å². The molecule has 0 N–H and O–H groups in total. The third-order valence-corrected chi connectivity index (χ3v) is 2.51. The van der Waals surface area contributed by atoms with E-state index in [-0.39, 0.29) is 5.78 Å². The third kappa shape index (κ3) is 3.22. The van der Waals surface area contributed by atoms with Crippen LogP contribution in [0.1, 0.15) is 31.0 Å². The Morgan fingerprint density at radius 2 is 2.29 bits per heavy atom. The zero-order valence-corrected chi connectivity index (χ0v) is 10.1. The molecule has 0 aliphatic carbocycles. The predicted octanol–water partition coefficient (Wildman–Crippen LogP) is 3.06. The van der Waals surface area contributed by atoms with E-state index in [1.807, 2.05) is 19.9 Å². The normalized spacial score (nSPS) is 10.2.